The van der Waals surface area contributed by atoms with Crippen LogP contribution in [0, 0.1) is 23.7 Å². The molecule has 134 valence electrons. The highest BCUT2D eigenvalue weighted by molar-refractivity contribution is 6.31. The number of Topliss-reactive ketones (excluding diaryl/α,β-unsaturated/α-hetero) is 2. The number of rotatable bonds is 5. The third-order valence-electron chi connectivity index (χ3n) is 6.04. The first-order valence-corrected chi connectivity index (χ1v) is 9.88. The summed E-state index contributed by atoms with van der Waals surface area (Å²) >= 11 is 11.9. The van der Waals surface area contributed by atoms with E-state index < -0.39 is 5.92 Å². The molecule has 26 heavy (non-hydrogen) atoms. The minimum atomic E-state index is -0.618. The van der Waals surface area contributed by atoms with Gasteiger partial charge in [0.15, 0.2) is 11.6 Å². The summed E-state index contributed by atoms with van der Waals surface area (Å²) in [4.78, 5) is 26.6. The zero-order valence-electron chi connectivity index (χ0n) is 14.3. The Balaban J connectivity index is 1.69. The second kappa shape index (κ2) is 7.17. The van der Waals surface area contributed by atoms with Crippen LogP contribution in [-0.4, -0.2) is 11.6 Å². The number of halogens is 2. The van der Waals surface area contributed by atoms with Crippen molar-refractivity contribution in [2.75, 3.05) is 0 Å². The van der Waals surface area contributed by atoms with E-state index in [4.69, 9.17) is 23.2 Å². The Labute approximate surface area is 163 Å². The smallest absolute Gasteiger partial charge is 0.173 e. The van der Waals surface area contributed by atoms with E-state index >= 15 is 0 Å². The van der Waals surface area contributed by atoms with E-state index in [2.05, 4.69) is 0 Å². The minimum Gasteiger partial charge on any atom is -0.293 e. The molecule has 0 heterocycles. The van der Waals surface area contributed by atoms with Crippen LogP contribution in [0.3, 0.4) is 0 Å². The molecule has 0 saturated heterocycles. The Bertz CT molecular complexity index is 769. The molecule has 0 spiro atoms. The molecule has 2 aliphatic carbocycles. The number of fused-ring (bicyclic) bond motifs is 2. The summed E-state index contributed by atoms with van der Waals surface area (Å²) in [7, 11) is 0. The monoisotopic (exact) mass is 386 g/mol. The van der Waals surface area contributed by atoms with E-state index in [0.29, 0.717) is 33.0 Å². The summed E-state index contributed by atoms with van der Waals surface area (Å²) in [6.45, 7) is 0. The summed E-state index contributed by atoms with van der Waals surface area (Å²) in [5, 5.41) is 1.17. The molecule has 4 rings (SSSR count). The van der Waals surface area contributed by atoms with E-state index in [1.165, 1.54) is 6.42 Å². The minimum absolute atomic E-state index is 0.0841. The van der Waals surface area contributed by atoms with Gasteiger partial charge >= 0.3 is 0 Å². The van der Waals surface area contributed by atoms with Crippen LogP contribution in [0.5, 0.6) is 0 Å². The third kappa shape index (κ3) is 3.33. The van der Waals surface area contributed by atoms with Crippen molar-refractivity contribution >= 4 is 34.8 Å². The second-order valence-electron chi connectivity index (χ2n) is 7.56. The van der Waals surface area contributed by atoms with E-state index in [9.17, 15) is 9.59 Å². The van der Waals surface area contributed by atoms with Crippen molar-refractivity contribution in [2.24, 2.45) is 23.7 Å². The van der Waals surface area contributed by atoms with Crippen molar-refractivity contribution in [3.05, 3.63) is 69.7 Å². The predicted octanol–water partition coefficient (Wildman–Crippen LogP) is 6.11. The highest BCUT2D eigenvalue weighted by atomic mass is 35.5. The molecular weight excluding hydrogens is 367 g/mol. The lowest BCUT2D eigenvalue weighted by atomic mass is 9.73. The molecule has 2 saturated carbocycles. The van der Waals surface area contributed by atoms with Crippen molar-refractivity contribution in [1.82, 2.24) is 0 Å². The number of carbonyl (C=O) groups is 2. The highest BCUT2D eigenvalue weighted by Gasteiger charge is 2.47. The summed E-state index contributed by atoms with van der Waals surface area (Å²) < 4.78 is 0. The maximum absolute atomic E-state index is 13.3. The largest absolute Gasteiger partial charge is 0.293 e. The molecule has 2 aliphatic rings. The predicted molar refractivity (Wildman–Crippen MR) is 104 cm³/mol. The maximum atomic E-state index is 13.3. The number of benzene rings is 2. The van der Waals surface area contributed by atoms with Gasteiger partial charge in [0.05, 0.1) is 5.92 Å². The van der Waals surface area contributed by atoms with Crippen LogP contribution in [0.2, 0.25) is 10.0 Å². The van der Waals surface area contributed by atoms with Gasteiger partial charge in [0.25, 0.3) is 0 Å². The van der Waals surface area contributed by atoms with Gasteiger partial charge in [0, 0.05) is 21.2 Å². The lowest BCUT2D eigenvalue weighted by Gasteiger charge is -2.29. The number of hydrogen-bond donors (Lipinski definition) is 0. The van der Waals surface area contributed by atoms with Crippen LogP contribution in [0.15, 0.2) is 48.5 Å². The fourth-order valence-corrected chi connectivity index (χ4v) is 5.05. The maximum Gasteiger partial charge on any atom is 0.173 e. The summed E-state index contributed by atoms with van der Waals surface area (Å²) in [6.07, 6.45) is 4.50. The van der Waals surface area contributed by atoms with Gasteiger partial charge in [-0.1, -0.05) is 29.6 Å². The normalized spacial score (nSPS) is 24.2. The van der Waals surface area contributed by atoms with Crippen LogP contribution in [0.4, 0.5) is 0 Å². The Morgan fingerprint density at radius 2 is 1.27 bits per heavy atom. The molecule has 4 heteroatoms. The Kier molecular flexibility index (Phi) is 4.90. The van der Waals surface area contributed by atoms with E-state index in [1.807, 2.05) is 0 Å². The van der Waals surface area contributed by atoms with Gasteiger partial charge in [-0.3, -0.25) is 9.59 Å². The van der Waals surface area contributed by atoms with Crippen molar-refractivity contribution in [1.29, 1.82) is 0 Å². The molecule has 2 fully saturated rings. The summed E-state index contributed by atoms with van der Waals surface area (Å²) in [5.74, 6) is 0.507. The highest BCUT2D eigenvalue weighted by Crippen LogP contribution is 2.52. The SMILES string of the molecule is O=C(c1ccc(Cl)cc1)C(C(=O)c1ccc(Cl)cc1)C1CC2CCC1C2. The lowest BCUT2D eigenvalue weighted by Crippen LogP contribution is -2.34. The van der Waals surface area contributed by atoms with Crippen molar-refractivity contribution < 1.29 is 9.59 Å². The van der Waals surface area contributed by atoms with Crippen LogP contribution < -0.4 is 0 Å². The molecule has 0 aromatic heterocycles. The second-order valence-corrected chi connectivity index (χ2v) is 8.43. The molecule has 2 aromatic rings. The van der Waals surface area contributed by atoms with Gasteiger partial charge < -0.3 is 0 Å². The first-order valence-electron chi connectivity index (χ1n) is 9.12. The van der Waals surface area contributed by atoms with Crippen LogP contribution >= 0.6 is 23.2 Å². The van der Waals surface area contributed by atoms with Crippen LogP contribution in [0.25, 0.3) is 0 Å². The molecule has 3 unspecified atom stereocenters. The fraction of sp³-hybridized carbons (Fsp3) is 0.364. The van der Waals surface area contributed by atoms with Crippen molar-refractivity contribution in [3.63, 3.8) is 0 Å². The first-order chi connectivity index (χ1) is 12.5. The van der Waals surface area contributed by atoms with E-state index in [0.717, 1.165) is 19.3 Å². The Morgan fingerprint density at radius 1 is 0.769 bits per heavy atom. The van der Waals surface area contributed by atoms with Crippen LogP contribution in [0.1, 0.15) is 46.4 Å². The molecule has 0 N–H and O–H groups in total. The zero-order chi connectivity index (χ0) is 18.3. The quantitative estimate of drug-likeness (QED) is 0.458. The van der Waals surface area contributed by atoms with Gasteiger partial charge in [-0.15, -0.1) is 0 Å². The topological polar surface area (TPSA) is 34.1 Å². The standard InChI is InChI=1S/C22H20Cl2O2/c23-17-7-3-14(4-8-17)21(25)20(19-12-13-1-2-16(19)11-13)22(26)15-5-9-18(24)10-6-15/h3-10,13,16,19-20H,1-2,11-12H2. The van der Waals surface area contributed by atoms with Gasteiger partial charge in [-0.25, -0.2) is 0 Å². The van der Waals surface area contributed by atoms with Gasteiger partial charge in [0.1, 0.15) is 0 Å². The Hall–Kier alpha value is -1.64. The van der Waals surface area contributed by atoms with Gasteiger partial charge in [0.2, 0.25) is 0 Å². The average Bonchev–Trinajstić information content (AvgIpc) is 3.26. The van der Waals surface area contributed by atoms with Crippen molar-refractivity contribution in [3.8, 4) is 0 Å². The van der Waals surface area contributed by atoms with Crippen LogP contribution in [-0.2, 0) is 0 Å². The number of ketones is 2. The summed E-state index contributed by atoms with van der Waals surface area (Å²) in [6, 6.07) is 13.7. The number of carbonyl (C=O) groups excluding carboxylic acids is 2. The molecular formula is C22H20Cl2O2. The molecule has 0 radical (unpaired) electrons. The number of hydrogen-bond acceptors (Lipinski definition) is 2. The molecule has 0 aliphatic heterocycles. The van der Waals surface area contributed by atoms with E-state index in [-0.39, 0.29) is 17.5 Å². The molecule has 2 bridgehead atoms. The molecule has 0 amide bonds. The average molecular weight is 387 g/mol. The van der Waals surface area contributed by atoms with Crippen molar-refractivity contribution in [2.45, 2.75) is 25.7 Å². The molecule has 2 aromatic carbocycles. The van der Waals surface area contributed by atoms with E-state index in [1.54, 1.807) is 48.5 Å². The third-order valence-corrected chi connectivity index (χ3v) is 6.55. The lowest BCUT2D eigenvalue weighted by molar-refractivity contribution is 0.0709. The zero-order valence-corrected chi connectivity index (χ0v) is 15.8. The molecule has 2 nitrogen and oxygen atoms in total. The van der Waals surface area contributed by atoms with Gasteiger partial charge in [-0.05, 0) is 85.5 Å². The molecule has 3 atom stereocenters. The van der Waals surface area contributed by atoms with Gasteiger partial charge in [-0.2, -0.15) is 0 Å². The fourth-order valence-electron chi connectivity index (χ4n) is 4.80. The summed E-state index contributed by atoms with van der Waals surface area (Å²) in [5.41, 5.74) is 1.12. The first kappa shape index (κ1) is 17.8. The Morgan fingerprint density at radius 3 is 1.65 bits per heavy atom.